The summed E-state index contributed by atoms with van der Waals surface area (Å²) in [6.07, 6.45) is -5.02. The van der Waals surface area contributed by atoms with Crippen molar-refractivity contribution in [2.45, 2.75) is 27.5 Å². The van der Waals surface area contributed by atoms with Gasteiger partial charge < -0.3 is 5.32 Å². The van der Waals surface area contributed by atoms with Crippen molar-refractivity contribution < 1.29 is 35.0 Å². The zero-order valence-corrected chi connectivity index (χ0v) is 19.3. The molecule has 3 aromatic carbocycles. The Morgan fingerprint density at radius 2 is 1.57 bits per heavy atom. The van der Waals surface area contributed by atoms with Crippen molar-refractivity contribution >= 4 is 37.6 Å². The lowest BCUT2D eigenvalue weighted by Crippen LogP contribution is -2.36. The molecule has 35 heavy (non-hydrogen) atoms. The Hall–Kier alpha value is -3.51. The number of carbonyl (C=O) groups excluding carboxylic acids is 1. The fourth-order valence-corrected chi connectivity index (χ4v) is 6.45. The van der Waals surface area contributed by atoms with Crippen LogP contribution < -0.4 is 5.32 Å². The molecule has 1 amide bonds. The molecule has 182 valence electrons. The molecule has 1 unspecified atom stereocenters. The molecular weight excluding hydrogens is 508 g/mol. The summed E-state index contributed by atoms with van der Waals surface area (Å²) in [5.74, 6) is -3.06. The molecule has 12 heteroatoms. The van der Waals surface area contributed by atoms with Crippen LogP contribution in [0.1, 0.15) is 5.56 Å². The molecule has 0 aliphatic heterocycles. The molecule has 4 aromatic rings. The Labute approximate surface area is 199 Å². The smallest absolute Gasteiger partial charge is 0.344 e. The third-order valence-electron chi connectivity index (χ3n) is 5.03. The lowest BCUT2D eigenvalue weighted by Gasteiger charge is -2.13. The van der Waals surface area contributed by atoms with Crippen molar-refractivity contribution in [3.8, 4) is 0 Å². The first-order chi connectivity index (χ1) is 16.5. The summed E-state index contributed by atoms with van der Waals surface area (Å²) >= 11 is 0. The van der Waals surface area contributed by atoms with Crippen LogP contribution in [0, 0.1) is 5.82 Å². The molecule has 0 aliphatic rings. The maximum atomic E-state index is 14.4. The summed E-state index contributed by atoms with van der Waals surface area (Å²) in [5.41, 5.74) is 0.508. The number of fused-ring (bicyclic) bond motifs is 1. The standard InChI is InChI=1S/C23H16F4N2O4S2/c24-18-6-2-4-8-20(18)35(32,33)29-19-7-3-1-5-16(19)13-21(29)34(31)17-11-9-15(10-12-17)14-28-22(30)23(25,26)27/h1-13H,14H2,(H,28,30). The van der Waals surface area contributed by atoms with E-state index < -0.39 is 50.2 Å². The van der Waals surface area contributed by atoms with E-state index in [9.17, 15) is 35.0 Å². The van der Waals surface area contributed by atoms with Crippen molar-refractivity contribution in [3.63, 3.8) is 0 Å². The molecule has 0 saturated carbocycles. The van der Waals surface area contributed by atoms with E-state index in [0.29, 0.717) is 10.9 Å². The lowest BCUT2D eigenvalue weighted by atomic mass is 10.2. The number of aromatic nitrogens is 1. The van der Waals surface area contributed by atoms with Crippen molar-refractivity contribution in [2.24, 2.45) is 0 Å². The Balaban J connectivity index is 1.72. The summed E-state index contributed by atoms with van der Waals surface area (Å²) in [6.45, 7) is -0.410. The average Bonchev–Trinajstić information content (AvgIpc) is 3.22. The SMILES string of the molecule is O=C(NCc1ccc(S(=O)c2cc3ccccc3n2S(=O)(=O)c2ccccc2F)cc1)C(F)(F)F. The number of hydrogen-bond acceptors (Lipinski definition) is 4. The van der Waals surface area contributed by atoms with Gasteiger partial charge in [0, 0.05) is 16.8 Å². The minimum atomic E-state index is -5.02. The molecule has 0 saturated heterocycles. The van der Waals surface area contributed by atoms with E-state index in [0.717, 1.165) is 16.1 Å². The second kappa shape index (κ2) is 9.27. The summed E-state index contributed by atoms with van der Waals surface area (Å²) in [5, 5.41) is 2.06. The Kier molecular flexibility index (Phi) is 6.52. The number of hydrogen-bond donors (Lipinski definition) is 1. The quantitative estimate of drug-likeness (QED) is 0.380. The van der Waals surface area contributed by atoms with E-state index in [-0.39, 0.29) is 15.4 Å². The van der Waals surface area contributed by atoms with E-state index in [1.165, 1.54) is 48.5 Å². The average molecular weight is 525 g/mol. The van der Waals surface area contributed by atoms with Gasteiger partial charge in [-0.1, -0.05) is 42.5 Å². The highest BCUT2D eigenvalue weighted by atomic mass is 32.2. The summed E-state index contributed by atoms with van der Waals surface area (Å²) in [4.78, 5) is 10.6. The van der Waals surface area contributed by atoms with Gasteiger partial charge in [-0.05, 0) is 42.0 Å². The molecular formula is C23H16F4N2O4S2. The van der Waals surface area contributed by atoms with Crippen LogP contribution >= 0.6 is 0 Å². The molecule has 0 bridgehead atoms. The third-order valence-corrected chi connectivity index (χ3v) is 8.28. The monoisotopic (exact) mass is 524 g/mol. The van der Waals surface area contributed by atoms with Crippen molar-refractivity contribution in [3.05, 3.63) is 90.2 Å². The number of nitrogens with zero attached hydrogens (tertiary/aromatic N) is 1. The van der Waals surface area contributed by atoms with E-state index in [1.807, 2.05) is 0 Å². The maximum absolute atomic E-state index is 14.4. The van der Waals surface area contributed by atoms with Crippen molar-refractivity contribution in [1.29, 1.82) is 0 Å². The Morgan fingerprint density at radius 1 is 0.943 bits per heavy atom. The highest BCUT2D eigenvalue weighted by molar-refractivity contribution is 7.91. The molecule has 1 N–H and O–H groups in total. The molecule has 6 nitrogen and oxygen atoms in total. The fraction of sp³-hybridized carbons (Fsp3) is 0.0870. The summed E-state index contributed by atoms with van der Waals surface area (Å²) in [7, 11) is -6.54. The molecule has 0 aliphatic carbocycles. The minimum absolute atomic E-state index is 0.132. The van der Waals surface area contributed by atoms with Crippen LogP contribution in [0.4, 0.5) is 17.6 Å². The maximum Gasteiger partial charge on any atom is 0.471 e. The first kappa shape index (κ1) is 24.6. The first-order valence-electron chi connectivity index (χ1n) is 9.96. The van der Waals surface area contributed by atoms with E-state index in [4.69, 9.17) is 0 Å². The number of rotatable bonds is 6. The molecule has 4 rings (SSSR count). The van der Waals surface area contributed by atoms with Gasteiger partial charge >= 0.3 is 12.1 Å². The lowest BCUT2D eigenvalue weighted by molar-refractivity contribution is -0.173. The van der Waals surface area contributed by atoms with Crippen LogP contribution in [-0.2, 0) is 32.2 Å². The fourth-order valence-electron chi connectivity index (χ4n) is 3.37. The van der Waals surface area contributed by atoms with E-state index in [2.05, 4.69) is 0 Å². The van der Waals surface area contributed by atoms with Crippen LogP contribution in [0.25, 0.3) is 10.9 Å². The Morgan fingerprint density at radius 3 is 2.23 bits per heavy atom. The largest absolute Gasteiger partial charge is 0.471 e. The number of amides is 1. The van der Waals surface area contributed by atoms with Gasteiger partial charge in [-0.3, -0.25) is 4.79 Å². The van der Waals surface area contributed by atoms with Crippen LogP contribution in [-0.4, -0.2) is 28.7 Å². The first-order valence-corrected chi connectivity index (χ1v) is 12.6. The molecule has 0 spiro atoms. The third kappa shape index (κ3) is 4.84. The van der Waals surface area contributed by atoms with Gasteiger partial charge in [0.1, 0.15) is 26.5 Å². The highest BCUT2D eigenvalue weighted by Gasteiger charge is 2.38. The zero-order chi connectivity index (χ0) is 25.4. The van der Waals surface area contributed by atoms with Gasteiger partial charge in [-0.25, -0.2) is 21.0 Å². The van der Waals surface area contributed by atoms with Gasteiger partial charge in [0.05, 0.1) is 5.52 Å². The highest BCUT2D eigenvalue weighted by Crippen LogP contribution is 2.31. The molecule has 1 heterocycles. The van der Waals surface area contributed by atoms with Gasteiger partial charge in [-0.15, -0.1) is 0 Å². The minimum Gasteiger partial charge on any atom is -0.344 e. The van der Waals surface area contributed by atoms with Gasteiger partial charge in [0.2, 0.25) is 0 Å². The predicted octanol–water partition coefficient (Wildman–Crippen LogP) is 4.36. The molecule has 1 atom stereocenters. The van der Waals surface area contributed by atoms with Crippen LogP contribution in [0.15, 0.2) is 93.7 Å². The second-order valence-corrected chi connectivity index (χ2v) is 10.5. The Bertz CT molecular complexity index is 1550. The van der Waals surface area contributed by atoms with Crippen molar-refractivity contribution in [1.82, 2.24) is 9.29 Å². The van der Waals surface area contributed by atoms with E-state index >= 15 is 0 Å². The zero-order valence-electron chi connectivity index (χ0n) is 17.6. The number of halogens is 4. The van der Waals surface area contributed by atoms with Gasteiger partial charge in [0.15, 0.2) is 0 Å². The van der Waals surface area contributed by atoms with Crippen LogP contribution in [0.3, 0.4) is 0 Å². The number of benzene rings is 3. The number of nitrogens with one attached hydrogen (secondary N) is 1. The van der Waals surface area contributed by atoms with Crippen LogP contribution in [0.2, 0.25) is 0 Å². The molecule has 1 aromatic heterocycles. The number of carbonyl (C=O) groups is 1. The summed E-state index contributed by atoms with van der Waals surface area (Å²) < 4.78 is 92.6. The normalized spacial score (nSPS) is 13.0. The predicted molar refractivity (Wildman–Crippen MR) is 120 cm³/mol. The molecule has 0 fully saturated rings. The van der Waals surface area contributed by atoms with Gasteiger partial charge in [0.25, 0.3) is 10.0 Å². The van der Waals surface area contributed by atoms with Crippen molar-refractivity contribution in [2.75, 3.05) is 0 Å². The second-order valence-electron chi connectivity index (χ2n) is 7.33. The van der Waals surface area contributed by atoms with E-state index in [1.54, 1.807) is 23.5 Å². The van der Waals surface area contributed by atoms with Crippen LogP contribution in [0.5, 0.6) is 0 Å². The number of alkyl halides is 3. The number of para-hydroxylation sites is 1. The molecule has 0 radical (unpaired) electrons. The van der Waals surface area contributed by atoms with Gasteiger partial charge in [-0.2, -0.15) is 13.2 Å². The summed E-state index contributed by atoms with van der Waals surface area (Å²) in [6, 6.07) is 18.1. The topological polar surface area (TPSA) is 85.2 Å².